The number of hydrogen-bond donors (Lipinski definition) is 1. The molecule has 3 aromatic rings. The fraction of sp³-hybridized carbons (Fsp3) is 0.429. The molecule has 1 amide bonds. The van der Waals surface area contributed by atoms with Crippen LogP contribution in [0.5, 0.6) is 0 Å². The van der Waals surface area contributed by atoms with Crippen molar-refractivity contribution in [1.82, 2.24) is 19.4 Å². The predicted octanol–water partition coefficient (Wildman–Crippen LogP) is 3.50. The fourth-order valence-corrected chi connectivity index (χ4v) is 6.67. The van der Waals surface area contributed by atoms with Crippen LogP contribution in [0.15, 0.2) is 44.6 Å². The highest BCUT2D eigenvalue weighted by Gasteiger charge is 2.33. The monoisotopic (exact) mass is 473 g/mol. The highest BCUT2D eigenvalue weighted by Crippen LogP contribution is 2.37. The van der Waals surface area contributed by atoms with Crippen LogP contribution in [0.25, 0.3) is 11.4 Å². The molecule has 0 bridgehead atoms. The van der Waals surface area contributed by atoms with Gasteiger partial charge in [0.05, 0.1) is 0 Å². The van der Waals surface area contributed by atoms with Crippen LogP contribution in [0.4, 0.5) is 5.82 Å². The highest BCUT2D eigenvalue weighted by molar-refractivity contribution is 7.91. The first-order valence-electron chi connectivity index (χ1n) is 10.7. The molecule has 1 aliphatic heterocycles. The van der Waals surface area contributed by atoms with Crippen LogP contribution in [0.3, 0.4) is 0 Å². The molecule has 1 saturated carbocycles. The van der Waals surface area contributed by atoms with E-state index in [2.05, 4.69) is 20.4 Å². The summed E-state index contributed by atoms with van der Waals surface area (Å²) in [6.07, 6.45) is 5.83. The van der Waals surface area contributed by atoms with Crippen molar-refractivity contribution in [2.45, 2.75) is 42.2 Å². The Morgan fingerprint density at radius 2 is 2.00 bits per heavy atom. The summed E-state index contributed by atoms with van der Waals surface area (Å²) in [6, 6.07) is 6.91. The van der Waals surface area contributed by atoms with Crippen LogP contribution >= 0.6 is 11.3 Å². The van der Waals surface area contributed by atoms with E-state index in [9.17, 15) is 13.2 Å². The second-order valence-corrected chi connectivity index (χ2v) is 11.2. The molecule has 1 aliphatic carbocycles. The van der Waals surface area contributed by atoms with Gasteiger partial charge in [-0.15, -0.1) is 11.3 Å². The van der Waals surface area contributed by atoms with Crippen molar-refractivity contribution in [1.29, 1.82) is 0 Å². The smallest absolute Gasteiger partial charge is 0.252 e. The average Bonchev–Trinajstić information content (AvgIpc) is 3.44. The Morgan fingerprint density at radius 3 is 2.69 bits per heavy atom. The van der Waals surface area contributed by atoms with E-state index in [0.29, 0.717) is 54.9 Å². The lowest BCUT2D eigenvalue weighted by Gasteiger charge is -2.30. The number of hydrogen-bond acceptors (Lipinski definition) is 8. The number of nitrogens with one attached hydrogen (secondary N) is 1. The fourth-order valence-electron chi connectivity index (χ4n) is 3.89. The number of rotatable bonds is 6. The first kappa shape index (κ1) is 21.2. The largest absolute Gasteiger partial charge is 0.339 e. The lowest BCUT2D eigenvalue weighted by atomic mass is 9.85. The summed E-state index contributed by atoms with van der Waals surface area (Å²) < 4.78 is 33.3. The quantitative estimate of drug-likeness (QED) is 0.582. The predicted molar refractivity (Wildman–Crippen MR) is 119 cm³/mol. The molecule has 0 spiro atoms. The van der Waals surface area contributed by atoms with Gasteiger partial charge in [0.2, 0.25) is 17.6 Å². The molecule has 11 heteroatoms. The lowest BCUT2D eigenvalue weighted by Crippen LogP contribution is -2.41. The number of piperidine rings is 1. The molecule has 3 aromatic heterocycles. The molecule has 9 nitrogen and oxygen atoms in total. The van der Waals surface area contributed by atoms with Crippen LogP contribution in [0.2, 0.25) is 0 Å². The number of carbonyl (C=O) groups is 1. The third-order valence-corrected chi connectivity index (χ3v) is 9.38. The van der Waals surface area contributed by atoms with Gasteiger partial charge in [0.1, 0.15) is 10.0 Å². The molecule has 168 valence electrons. The number of pyridine rings is 1. The number of nitrogens with zero attached hydrogens (tertiary/aromatic N) is 4. The molecule has 2 aliphatic rings. The van der Waals surface area contributed by atoms with Crippen LogP contribution in [-0.4, -0.2) is 46.8 Å². The molecular weight excluding hydrogens is 450 g/mol. The summed E-state index contributed by atoms with van der Waals surface area (Å²) in [6.45, 7) is 0.591. The van der Waals surface area contributed by atoms with Crippen molar-refractivity contribution < 1.29 is 17.7 Å². The van der Waals surface area contributed by atoms with Crippen LogP contribution in [0, 0.1) is 5.92 Å². The SMILES string of the molecule is O=C(Nc1ccccn1)C1CCN(S(=O)(=O)c2cc(-c3noc(C4CCC4)n3)cs2)CC1. The van der Waals surface area contributed by atoms with Gasteiger partial charge in [-0.25, -0.2) is 13.4 Å². The molecule has 0 radical (unpaired) electrons. The number of aromatic nitrogens is 3. The average molecular weight is 474 g/mol. The van der Waals surface area contributed by atoms with Gasteiger partial charge in [0, 0.05) is 42.1 Å². The van der Waals surface area contributed by atoms with Gasteiger partial charge >= 0.3 is 0 Å². The first-order valence-corrected chi connectivity index (χ1v) is 13.0. The van der Waals surface area contributed by atoms with E-state index in [-0.39, 0.29) is 16.0 Å². The Bertz CT molecular complexity index is 1200. The van der Waals surface area contributed by atoms with E-state index in [1.54, 1.807) is 35.8 Å². The van der Waals surface area contributed by atoms with Gasteiger partial charge in [-0.2, -0.15) is 9.29 Å². The second kappa shape index (κ2) is 8.72. The van der Waals surface area contributed by atoms with Gasteiger partial charge in [-0.1, -0.05) is 17.6 Å². The van der Waals surface area contributed by atoms with Crippen molar-refractivity contribution in [3.8, 4) is 11.4 Å². The maximum atomic E-state index is 13.1. The summed E-state index contributed by atoms with van der Waals surface area (Å²) in [7, 11) is -3.64. The topological polar surface area (TPSA) is 118 Å². The summed E-state index contributed by atoms with van der Waals surface area (Å²) in [5.41, 5.74) is 0.646. The van der Waals surface area contributed by atoms with E-state index in [4.69, 9.17) is 4.52 Å². The van der Waals surface area contributed by atoms with Gasteiger partial charge < -0.3 is 9.84 Å². The zero-order valence-electron chi connectivity index (χ0n) is 17.3. The van der Waals surface area contributed by atoms with Crippen molar-refractivity contribution in [2.24, 2.45) is 5.92 Å². The van der Waals surface area contributed by atoms with E-state index in [1.807, 2.05) is 0 Å². The molecule has 1 N–H and O–H groups in total. The van der Waals surface area contributed by atoms with E-state index >= 15 is 0 Å². The maximum absolute atomic E-state index is 13.1. The van der Waals surface area contributed by atoms with Crippen molar-refractivity contribution in [2.75, 3.05) is 18.4 Å². The minimum absolute atomic E-state index is 0.126. The maximum Gasteiger partial charge on any atom is 0.252 e. The van der Waals surface area contributed by atoms with Gasteiger partial charge in [0.15, 0.2) is 0 Å². The molecular formula is C21H23N5O4S2. The first-order chi connectivity index (χ1) is 15.5. The molecule has 0 unspecified atom stereocenters. The summed E-state index contributed by atoms with van der Waals surface area (Å²) >= 11 is 1.15. The van der Waals surface area contributed by atoms with E-state index in [0.717, 1.165) is 24.2 Å². The third-order valence-electron chi connectivity index (χ3n) is 6.06. The number of carbonyl (C=O) groups excluding carboxylic acids is 1. The molecule has 2 fully saturated rings. The Hall–Kier alpha value is -2.63. The van der Waals surface area contributed by atoms with Crippen LogP contribution in [0.1, 0.15) is 43.9 Å². The zero-order valence-corrected chi connectivity index (χ0v) is 18.9. The van der Waals surface area contributed by atoms with Gasteiger partial charge in [-0.3, -0.25) is 4.79 Å². The standard InChI is InChI=1S/C21H23N5O4S2/c27-20(23-17-6-1-2-9-22-17)14-7-10-26(11-8-14)32(28,29)18-12-16(13-31-18)19-24-21(30-25-19)15-4-3-5-15/h1-2,6,9,12-15H,3-5,7-8,10-11H2,(H,22,23,27). The number of anilines is 1. The van der Waals surface area contributed by atoms with E-state index < -0.39 is 10.0 Å². The second-order valence-electron chi connectivity index (χ2n) is 8.12. The molecule has 0 aromatic carbocycles. The zero-order chi connectivity index (χ0) is 22.1. The number of amides is 1. The lowest BCUT2D eigenvalue weighted by molar-refractivity contribution is -0.120. The van der Waals surface area contributed by atoms with Crippen LogP contribution < -0.4 is 5.32 Å². The Kier molecular flexibility index (Phi) is 5.78. The molecule has 0 atom stereocenters. The van der Waals surface area contributed by atoms with Crippen LogP contribution in [-0.2, 0) is 14.8 Å². The Morgan fingerprint density at radius 1 is 1.19 bits per heavy atom. The Labute approximate surface area is 189 Å². The van der Waals surface area contributed by atoms with Gasteiger partial charge in [0.25, 0.3) is 10.0 Å². The van der Waals surface area contributed by atoms with E-state index in [1.165, 1.54) is 10.7 Å². The molecule has 32 heavy (non-hydrogen) atoms. The summed E-state index contributed by atoms with van der Waals surface area (Å²) in [5.74, 6) is 1.52. The van der Waals surface area contributed by atoms with Crippen molar-refractivity contribution in [3.63, 3.8) is 0 Å². The normalized spacial score (nSPS) is 18.4. The molecule has 4 heterocycles. The minimum atomic E-state index is -3.64. The molecule has 5 rings (SSSR count). The number of sulfonamides is 1. The van der Waals surface area contributed by atoms with Gasteiger partial charge in [-0.05, 0) is 43.9 Å². The van der Waals surface area contributed by atoms with Crippen molar-refractivity contribution in [3.05, 3.63) is 41.7 Å². The number of thiophene rings is 1. The summed E-state index contributed by atoms with van der Waals surface area (Å²) in [5, 5.41) is 8.57. The Balaban J connectivity index is 1.22. The van der Waals surface area contributed by atoms with Crippen molar-refractivity contribution >= 4 is 33.1 Å². The minimum Gasteiger partial charge on any atom is -0.339 e. The highest BCUT2D eigenvalue weighted by atomic mass is 32.2. The molecule has 1 saturated heterocycles. The summed E-state index contributed by atoms with van der Waals surface area (Å²) in [4.78, 5) is 21.0. The third kappa shape index (κ3) is 4.19.